The molecule has 2 aliphatic heterocycles. The Balaban J connectivity index is 2.11. The Morgan fingerprint density at radius 2 is 1.81 bits per heavy atom. The van der Waals surface area contributed by atoms with Crippen LogP contribution in [0.1, 0.15) is 44.9 Å². The van der Waals surface area contributed by atoms with E-state index in [-0.39, 0.29) is 31.3 Å². The average molecular weight is 473 g/mol. The van der Waals surface area contributed by atoms with Crippen molar-refractivity contribution in [3.63, 3.8) is 0 Å². The van der Waals surface area contributed by atoms with Gasteiger partial charge in [-0.3, -0.25) is 19.2 Å². The fourth-order valence-corrected chi connectivity index (χ4v) is 4.44. The molecule has 0 bridgehead atoms. The molecule has 32 heavy (non-hydrogen) atoms. The summed E-state index contributed by atoms with van der Waals surface area (Å²) in [6.07, 6.45) is 4.04. The van der Waals surface area contributed by atoms with E-state index in [9.17, 15) is 29.1 Å². The Kier molecular flexibility index (Phi) is 10.2. The number of nitrogens with one attached hydrogen (secondary N) is 3. The molecule has 0 aromatic carbocycles. The van der Waals surface area contributed by atoms with Gasteiger partial charge in [0.2, 0.25) is 17.7 Å². The molecule has 5 N–H and O–H groups in total. The van der Waals surface area contributed by atoms with Crippen LogP contribution >= 0.6 is 11.8 Å². The lowest BCUT2D eigenvalue weighted by atomic mass is 10.1. The van der Waals surface area contributed by atoms with Crippen LogP contribution in [0.5, 0.6) is 0 Å². The molecule has 0 saturated carbocycles. The topological polar surface area (TPSA) is 165 Å². The van der Waals surface area contributed by atoms with E-state index in [1.165, 1.54) is 16.7 Å². The molecule has 2 rings (SSSR count). The average Bonchev–Trinajstić information content (AvgIpc) is 3.45. The van der Waals surface area contributed by atoms with Crippen LogP contribution in [0.3, 0.4) is 0 Å². The Hall–Kier alpha value is -2.34. The molecule has 12 heteroatoms. The van der Waals surface area contributed by atoms with Gasteiger partial charge in [-0.05, 0) is 57.1 Å². The Bertz CT molecular complexity index is 714. The number of amides is 3. The van der Waals surface area contributed by atoms with E-state index < -0.39 is 41.9 Å². The Morgan fingerprint density at radius 3 is 2.41 bits per heavy atom. The smallest absolute Gasteiger partial charge is 0.326 e. The highest BCUT2D eigenvalue weighted by molar-refractivity contribution is 7.98. The van der Waals surface area contributed by atoms with Crippen LogP contribution in [-0.4, -0.2) is 94.0 Å². The SMILES string of the molecule is CSCCC(NC(=O)C1CCCN1)C(=O)NC(CCC(=O)O)C(=O)N1CCCC1C(=O)O. The number of likely N-dealkylation sites (tertiary alicyclic amines) is 1. The fourth-order valence-electron chi connectivity index (χ4n) is 3.97. The minimum Gasteiger partial charge on any atom is -0.481 e. The summed E-state index contributed by atoms with van der Waals surface area (Å²) in [5.41, 5.74) is 0. The van der Waals surface area contributed by atoms with E-state index in [1.807, 2.05) is 6.26 Å². The summed E-state index contributed by atoms with van der Waals surface area (Å²) in [5.74, 6) is -3.15. The first kappa shape index (κ1) is 25.9. The summed E-state index contributed by atoms with van der Waals surface area (Å²) >= 11 is 1.50. The predicted molar refractivity (Wildman–Crippen MR) is 117 cm³/mol. The van der Waals surface area contributed by atoms with Gasteiger partial charge in [-0.1, -0.05) is 0 Å². The molecule has 0 radical (unpaired) electrons. The van der Waals surface area contributed by atoms with Crippen molar-refractivity contribution in [2.45, 2.75) is 69.1 Å². The molecule has 2 aliphatic rings. The number of rotatable bonds is 12. The minimum absolute atomic E-state index is 0.171. The van der Waals surface area contributed by atoms with Crippen molar-refractivity contribution < 1.29 is 34.2 Å². The van der Waals surface area contributed by atoms with Gasteiger partial charge in [-0.25, -0.2) is 4.79 Å². The van der Waals surface area contributed by atoms with Crippen LogP contribution in [0.4, 0.5) is 0 Å². The number of thioether (sulfide) groups is 1. The summed E-state index contributed by atoms with van der Waals surface area (Å²) in [6, 6.07) is -3.43. The van der Waals surface area contributed by atoms with Gasteiger partial charge < -0.3 is 31.1 Å². The third-order valence-electron chi connectivity index (χ3n) is 5.70. The molecule has 2 saturated heterocycles. The van der Waals surface area contributed by atoms with Gasteiger partial charge in [-0.2, -0.15) is 11.8 Å². The molecule has 11 nitrogen and oxygen atoms in total. The molecule has 2 heterocycles. The lowest BCUT2D eigenvalue weighted by molar-refractivity contribution is -0.150. The zero-order chi connectivity index (χ0) is 23.7. The maximum absolute atomic E-state index is 13.0. The van der Waals surface area contributed by atoms with Gasteiger partial charge in [0.05, 0.1) is 6.04 Å². The van der Waals surface area contributed by atoms with Crippen molar-refractivity contribution in [3.8, 4) is 0 Å². The summed E-state index contributed by atoms with van der Waals surface area (Å²) in [6.45, 7) is 0.960. The number of carboxylic acids is 2. The zero-order valence-corrected chi connectivity index (χ0v) is 19.0. The summed E-state index contributed by atoms with van der Waals surface area (Å²) < 4.78 is 0. The first-order valence-corrected chi connectivity index (χ1v) is 12.2. The Labute approximate surface area is 191 Å². The maximum Gasteiger partial charge on any atom is 0.326 e. The van der Waals surface area contributed by atoms with E-state index in [0.29, 0.717) is 31.4 Å². The maximum atomic E-state index is 13.0. The number of nitrogens with zero attached hydrogens (tertiary/aromatic N) is 1. The highest BCUT2D eigenvalue weighted by Gasteiger charge is 2.38. The van der Waals surface area contributed by atoms with Crippen LogP contribution in [-0.2, 0) is 24.0 Å². The number of hydrogen-bond acceptors (Lipinski definition) is 7. The summed E-state index contributed by atoms with van der Waals surface area (Å²) in [7, 11) is 0. The first-order valence-electron chi connectivity index (χ1n) is 10.8. The number of aliphatic carboxylic acids is 2. The monoisotopic (exact) mass is 472 g/mol. The molecule has 2 fully saturated rings. The van der Waals surface area contributed by atoms with Crippen LogP contribution in [0.25, 0.3) is 0 Å². The van der Waals surface area contributed by atoms with Crippen LogP contribution < -0.4 is 16.0 Å². The summed E-state index contributed by atoms with van der Waals surface area (Å²) in [5, 5.41) is 26.8. The molecule has 4 unspecified atom stereocenters. The number of carboxylic acid groups (broad SMARTS) is 2. The van der Waals surface area contributed by atoms with Crippen molar-refractivity contribution in [2.75, 3.05) is 25.1 Å². The number of hydrogen-bond donors (Lipinski definition) is 5. The highest BCUT2D eigenvalue weighted by atomic mass is 32.2. The molecule has 3 amide bonds. The number of carbonyl (C=O) groups excluding carboxylic acids is 3. The van der Waals surface area contributed by atoms with Gasteiger partial charge in [0, 0.05) is 13.0 Å². The second kappa shape index (κ2) is 12.6. The van der Waals surface area contributed by atoms with Gasteiger partial charge >= 0.3 is 11.9 Å². The largest absolute Gasteiger partial charge is 0.481 e. The highest BCUT2D eigenvalue weighted by Crippen LogP contribution is 2.20. The van der Waals surface area contributed by atoms with Gasteiger partial charge in [0.25, 0.3) is 0 Å². The minimum atomic E-state index is -1.18. The van der Waals surface area contributed by atoms with Crippen LogP contribution in [0, 0.1) is 0 Å². The van der Waals surface area contributed by atoms with E-state index in [4.69, 9.17) is 5.11 Å². The van der Waals surface area contributed by atoms with Crippen molar-refractivity contribution in [3.05, 3.63) is 0 Å². The van der Waals surface area contributed by atoms with E-state index in [1.54, 1.807) is 0 Å². The second-order valence-electron chi connectivity index (χ2n) is 8.01. The Morgan fingerprint density at radius 1 is 1.06 bits per heavy atom. The van der Waals surface area contributed by atoms with Crippen molar-refractivity contribution in [1.82, 2.24) is 20.9 Å². The quantitative estimate of drug-likeness (QED) is 0.249. The van der Waals surface area contributed by atoms with Crippen molar-refractivity contribution >= 4 is 41.4 Å². The molecular formula is C20H32N4O7S. The molecule has 4 atom stereocenters. The van der Waals surface area contributed by atoms with E-state index in [0.717, 1.165) is 13.0 Å². The predicted octanol–water partition coefficient (Wildman–Crippen LogP) is -0.598. The second-order valence-corrected chi connectivity index (χ2v) is 9.00. The standard InChI is InChI=1S/C20H32N4O7S/c1-32-11-8-13(22-17(27)12-4-2-9-21-12)18(28)23-14(6-7-16(25)26)19(29)24-10-3-5-15(24)20(30)31/h12-15,21H,2-11H2,1H3,(H,22,27)(H,23,28)(H,25,26)(H,30,31). The van der Waals surface area contributed by atoms with Crippen LogP contribution in [0.2, 0.25) is 0 Å². The fraction of sp³-hybridized carbons (Fsp3) is 0.750. The lowest BCUT2D eigenvalue weighted by Crippen LogP contribution is -2.57. The zero-order valence-electron chi connectivity index (χ0n) is 18.2. The first-order chi connectivity index (χ1) is 15.2. The molecular weight excluding hydrogens is 440 g/mol. The van der Waals surface area contributed by atoms with Crippen molar-refractivity contribution in [1.29, 1.82) is 0 Å². The number of carbonyl (C=O) groups is 5. The van der Waals surface area contributed by atoms with Gasteiger partial charge in [0.1, 0.15) is 18.1 Å². The lowest BCUT2D eigenvalue weighted by Gasteiger charge is -2.28. The van der Waals surface area contributed by atoms with E-state index >= 15 is 0 Å². The van der Waals surface area contributed by atoms with E-state index in [2.05, 4.69) is 16.0 Å². The summed E-state index contributed by atoms with van der Waals surface area (Å²) in [4.78, 5) is 62.3. The van der Waals surface area contributed by atoms with Crippen LogP contribution in [0.15, 0.2) is 0 Å². The van der Waals surface area contributed by atoms with Gasteiger partial charge in [-0.15, -0.1) is 0 Å². The molecule has 0 spiro atoms. The third kappa shape index (κ3) is 7.37. The molecule has 0 aromatic rings. The molecule has 180 valence electrons. The normalized spacial score (nSPS) is 22.2. The third-order valence-corrected chi connectivity index (χ3v) is 6.35. The molecule has 0 aromatic heterocycles. The molecule has 0 aliphatic carbocycles. The van der Waals surface area contributed by atoms with Crippen molar-refractivity contribution in [2.24, 2.45) is 0 Å². The van der Waals surface area contributed by atoms with Gasteiger partial charge in [0.15, 0.2) is 0 Å².